The predicted molar refractivity (Wildman–Crippen MR) is 150 cm³/mol. The van der Waals surface area contributed by atoms with E-state index in [1.54, 1.807) is 18.6 Å². The van der Waals surface area contributed by atoms with Crippen molar-refractivity contribution >= 4 is 17.7 Å². The zero-order valence-electron chi connectivity index (χ0n) is 22.9. The highest BCUT2D eigenvalue weighted by molar-refractivity contribution is 5.98. The van der Waals surface area contributed by atoms with Crippen molar-refractivity contribution in [3.8, 4) is 11.3 Å². The normalized spacial score (nSPS) is 16.9. The van der Waals surface area contributed by atoms with Crippen LogP contribution in [0.5, 0.6) is 0 Å². The van der Waals surface area contributed by atoms with E-state index in [1.807, 2.05) is 32.9 Å². The number of carbonyl (C=O) groups excluding carboxylic acids is 1. The van der Waals surface area contributed by atoms with Gasteiger partial charge in [-0.05, 0) is 82.7 Å². The maximum absolute atomic E-state index is 13.6. The molecule has 0 saturated heterocycles. The standard InChI is InChI=1S/C29H36N6O4/c1-5-35(22-8-6-21(7-9-22)34-29(38)39)26-14-20(25-16-30-10-11-31-25)13-23(19(26)4)27(36)32-15-24-17(2)12-18(3)33-28(24)37/h10-14,16,21-22,34H,5-9,15H2,1-4H3,(H,32,36)(H,33,37)(H,38,39)/t21-,22-. The van der Waals surface area contributed by atoms with E-state index < -0.39 is 6.09 Å². The van der Waals surface area contributed by atoms with Gasteiger partial charge < -0.3 is 25.6 Å². The molecule has 1 saturated carbocycles. The summed E-state index contributed by atoms with van der Waals surface area (Å²) in [6.45, 7) is 8.56. The molecule has 2 heterocycles. The topological polar surface area (TPSA) is 140 Å². The Labute approximate surface area is 227 Å². The third-order valence-corrected chi connectivity index (χ3v) is 7.52. The highest BCUT2D eigenvalue weighted by Crippen LogP contribution is 2.34. The van der Waals surface area contributed by atoms with E-state index in [2.05, 4.69) is 43.5 Å². The molecule has 1 aromatic carbocycles. The van der Waals surface area contributed by atoms with Gasteiger partial charge in [-0.1, -0.05) is 0 Å². The van der Waals surface area contributed by atoms with Gasteiger partial charge in [-0.25, -0.2) is 4.79 Å². The highest BCUT2D eigenvalue weighted by Gasteiger charge is 2.28. The second-order valence-electron chi connectivity index (χ2n) is 10.1. The predicted octanol–water partition coefficient (Wildman–Crippen LogP) is 4.09. The molecule has 2 amide bonds. The van der Waals surface area contributed by atoms with E-state index in [0.717, 1.165) is 60.3 Å². The van der Waals surface area contributed by atoms with Crippen LogP contribution in [0.3, 0.4) is 0 Å². The number of hydrogen-bond acceptors (Lipinski definition) is 6. The average Bonchev–Trinajstić information content (AvgIpc) is 2.90. The molecular formula is C29H36N6O4. The van der Waals surface area contributed by atoms with Gasteiger partial charge in [0, 0.05) is 65.6 Å². The highest BCUT2D eigenvalue weighted by atomic mass is 16.4. The summed E-state index contributed by atoms with van der Waals surface area (Å²) in [7, 11) is 0. The van der Waals surface area contributed by atoms with Gasteiger partial charge in [0.1, 0.15) is 0 Å². The zero-order valence-corrected chi connectivity index (χ0v) is 22.9. The molecule has 0 bridgehead atoms. The van der Waals surface area contributed by atoms with E-state index in [1.165, 1.54) is 0 Å². The zero-order chi connectivity index (χ0) is 28.1. The summed E-state index contributed by atoms with van der Waals surface area (Å²) in [6, 6.07) is 5.93. The molecule has 4 N–H and O–H groups in total. The van der Waals surface area contributed by atoms with E-state index in [9.17, 15) is 14.4 Å². The van der Waals surface area contributed by atoms with Crippen molar-refractivity contribution in [3.05, 3.63) is 75.1 Å². The minimum atomic E-state index is -0.989. The van der Waals surface area contributed by atoms with Crippen LogP contribution in [0.1, 0.15) is 65.3 Å². The third kappa shape index (κ3) is 6.45. The van der Waals surface area contributed by atoms with Crippen molar-refractivity contribution in [2.75, 3.05) is 11.4 Å². The van der Waals surface area contributed by atoms with Gasteiger partial charge in [-0.3, -0.25) is 19.6 Å². The van der Waals surface area contributed by atoms with Crippen LogP contribution in [0.4, 0.5) is 10.5 Å². The molecule has 0 spiro atoms. The first-order valence-electron chi connectivity index (χ1n) is 13.3. The number of nitrogens with zero attached hydrogens (tertiary/aromatic N) is 3. The van der Waals surface area contributed by atoms with Crippen molar-refractivity contribution in [1.82, 2.24) is 25.6 Å². The number of aromatic nitrogens is 3. The summed E-state index contributed by atoms with van der Waals surface area (Å²) in [6.07, 6.45) is 7.10. The second kappa shape index (κ2) is 12.1. The number of benzene rings is 1. The fourth-order valence-corrected chi connectivity index (χ4v) is 5.53. The van der Waals surface area contributed by atoms with E-state index in [4.69, 9.17) is 5.11 Å². The number of anilines is 1. The van der Waals surface area contributed by atoms with E-state index in [0.29, 0.717) is 16.8 Å². The number of rotatable bonds is 8. The number of pyridine rings is 1. The summed E-state index contributed by atoms with van der Waals surface area (Å²) in [5.41, 5.74) is 5.63. The van der Waals surface area contributed by atoms with Crippen LogP contribution in [0, 0.1) is 20.8 Å². The Morgan fingerprint density at radius 1 is 1.10 bits per heavy atom. The molecule has 39 heavy (non-hydrogen) atoms. The SMILES string of the molecule is CCN(c1cc(-c2cnccn2)cc(C(=O)NCc2c(C)cc(C)[nH]c2=O)c1C)[C@H]1CC[C@H](NC(=O)O)CC1. The van der Waals surface area contributed by atoms with Gasteiger partial charge in [0.15, 0.2) is 0 Å². The van der Waals surface area contributed by atoms with E-state index in [-0.39, 0.29) is 30.1 Å². The van der Waals surface area contributed by atoms with Gasteiger partial charge in [0.2, 0.25) is 0 Å². The minimum Gasteiger partial charge on any atom is -0.465 e. The second-order valence-corrected chi connectivity index (χ2v) is 10.1. The number of carbonyl (C=O) groups is 2. The molecule has 0 atom stereocenters. The van der Waals surface area contributed by atoms with Crippen LogP contribution in [-0.2, 0) is 6.54 Å². The van der Waals surface area contributed by atoms with Crippen LogP contribution in [-0.4, -0.2) is 50.7 Å². The number of carboxylic acid groups (broad SMARTS) is 1. The van der Waals surface area contributed by atoms with Gasteiger partial charge in [-0.15, -0.1) is 0 Å². The molecule has 0 aliphatic heterocycles. The van der Waals surface area contributed by atoms with Crippen molar-refractivity contribution in [2.24, 2.45) is 0 Å². The molecule has 10 heteroatoms. The molecule has 1 aliphatic carbocycles. The Morgan fingerprint density at radius 2 is 1.85 bits per heavy atom. The van der Waals surface area contributed by atoms with Crippen molar-refractivity contribution in [3.63, 3.8) is 0 Å². The van der Waals surface area contributed by atoms with Gasteiger partial charge >= 0.3 is 6.09 Å². The van der Waals surface area contributed by atoms with E-state index >= 15 is 0 Å². The van der Waals surface area contributed by atoms with Crippen LogP contribution in [0.25, 0.3) is 11.3 Å². The lowest BCUT2D eigenvalue weighted by Crippen LogP contribution is -2.44. The molecule has 3 aromatic rings. The number of nitrogens with one attached hydrogen (secondary N) is 3. The monoisotopic (exact) mass is 532 g/mol. The maximum atomic E-state index is 13.6. The lowest BCUT2D eigenvalue weighted by atomic mass is 9.89. The summed E-state index contributed by atoms with van der Waals surface area (Å²) >= 11 is 0. The summed E-state index contributed by atoms with van der Waals surface area (Å²) in [5, 5.41) is 14.6. The summed E-state index contributed by atoms with van der Waals surface area (Å²) in [4.78, 5) is 50.9. The fourth-order valence-electron chi connectivity index (χ4n) is 5.53. The van der Waals surface area contributed by atoms with Crippen LogP contribution in [0.2, 0.25) is 0 Å². The Bertz CT molecular complexity index is 1400. The molecular weight excluding hydrogens is 496 g/mol. The molecule has 206 valence electrons. The number of aryl methyl sites for hydroxylation is 2. The Morgan fingerprint density at radius 3 is 2.46 bits per heavy atom. The number of amides is 2. The molecule has 0 unspecified atom stereocenters. The lowest BCUT2D eigenvalue weighted by Gasteiger charge is -2.39. The fraction of sp³-hybridized carbons (Fsp3) is 0.414. The first-order valence-corrected chi connectivity index (χ1v) is 13.3. The molecule has 1 aliphatic rings. The molecule has 10 nitrogen and oxygen atoms in total. The number of hydrogen-bond donors (Lipinski definition) is 4. The Hall–Kier alpha value is -4.21. The van der Waals surface area contributed by atoms with Crippen molar-refractivity contribution < 1.29 is 14.7 Å². The first-order chi connectivity index (χ1) is 18.7. The van der Waals surface area contributed by atoms with Crippen molar-refractivity contribution in [1.29, 1.82) is 0 Å². The van der Waals surface area contributed by atoms with Gasteiger partial charge in [-0.2, -0.15) is 0 Å². The molecule has 4 rings (SSSR count). The molecule has 1 fully saturated rings. The summed E-state index contributed by atoms with van der Waals surface area (Å²) < 4.78 is 0. The molecule has 0 radical (unpaired) electrons. The Balaban J connectivity index is 1.66. The maximum Gasteiger partial charge on any atom is 0.404 e. The van der Waals surface area contributed by atoms with Gasteiger partial charge in [0.25, 0.3) is 11.5 Å². The van der Waals surface area contributed by atoms with Crippen LogP contribution < -0.4 is 21.1 Å². The quantitative estimate of drug-likeness (QED) is 0.342. The first kappa shape index (κ1) is 27.8. The summed E-state index contributed by atoms with van der Waals surface area (Å²) in [5.74, 6) is -0.274. The average molecular weight is 533 g/mol. The largest absolute Gasteiger partial charge is 0.465 e. The number of aromatic amines is 1. The number of H-pyrrole nitrogens is 1. The van der Waals surface area contributed by atoms with Crippen LogP contribution in [0.15, 0.2) is 41.6 Å². The Kier molecular flexibility index (Phi) is 8.63. The minimum absolute atomic E-state index is 0.0424. The van der Waals surface area contributed by atoms with Gasteiger partial charge in [0.05, 0.1) is 11.9 Å². The molecule has 2 aromatic heterocycles. The van der Waals surface area contributed by atoms with Crippen LogP contribution >= 0.6 is 0 Å². The lowest BCUT2D eigenvalue weighted by molar-refractivity contribution is 0.0950. The smallest absolute Gasteiger partial charge is 0.404 e. The third-order valence-electron chi connectivity index (χ3n) is 7.52. The van der Waals surface area contributed by atoms with Crippen molar-refractivity contribution in [2.45, 2.75) is 72.0 Å².